The first-order valence-electron chi connectivity index (χ1n) is 6.17. The molecule has 0 spiro atoms. The van der Waals surface area contributed by atoms with E-state index in [4.69, 9.17) is 4.74 Å². The maximum Gasteiger partial charge on any atom is 0.272 e. The van der Waals surface area contributed by atoms with Crippen LogP contribution in [0.3, 0.4) is 0 Å². The maximum atomic E-state index is 12.2. The summed E-state index contributed by atoms with van der Waals surface area (Å²) < 4.78 is 5.23. The number of aromatic nitrogens is 3. The van der Waals surface area contributed by atoms with Crippen molar-refractivity contribution >= 4 is 5.91 Å². The molecule has 1 aliphatic rings. The highest BCUT2D eigenvalue weighted by Gasteiger charge is 2.20. The van der Waals surface area contributed by atoms with Gasteiger partial charge < -0.3 is 9.64 Å². The molecule has 0 saturated carbocycles. The van der Waals surface area contributed by atoms with Crippen LogP contribution in [0.2, 0.25) is 0 Å². The van der Waals surface area contributed by atoms with Crippen molar-refractivity contribution in [3.8, 4) is 11.3 Å². The molecule has 0 atom stereocenters. The molecule has 3 heterocycles. The van der Waals surface area contributed by atoms with Gasteiger partial charge in [-0.15, -0.1) is 0 Å². The molecule has 1 N–H and O–H groups in total. The topological polar surface area (TPSA) is 71.1 Å². The van der Waals surface area contributed by atoms with Crippen LogP contribution in [-0.2, 0) is 4.74 Å². The van der Waals surface area contributed by atoms with E-state index in [0.717, 1.165) is 11.3 Å². The van der Waals surface area contributed by atoms with Gasteiger partial charge in [0, 0.05) is 31.0 Å². The van der Waals surface area contributed by atoms with E-state index >= 15 is 0 Å². The van der Waals surface area contributed by atoms with Crippen LogP contribution in [0.1, 0.15) is 10.5 Å². The van der Waals surface area contributed by atoms with E-state index in [1.54, 1.807) is 23.4 Å². The molecule has 0 radical (unpaired) electrons. The van der Waals surface area contributed by atoms with Crippen molar-refractivity contribution < 1.29 is 9.53 Å². The average molecular weight is 258 g/mol. The Morgan fingerprint density at radius 1 is 1.26 bits per heavy atom. The zero-order valence-corrected chi connectivity index (χ0v) is 10.4. The maximum absolute atomic E-state index is 12.2. The molecule has 6 heteroatoms. The number of pyridine rings is 1. The Morgan fingerprint density at radius 2 is 2.00 bits per heavy atom. The number of aromatic amines is 1. The largest absolute Gasteiger partial charge is 0.378 e. The zero-order valence-electron chi connectivity index (χ0n) is 10.4. The molecule has 98 valence electrons. The molecule has 1 aliphatic heterocycles. The summed E-state index contributed by atoms with van der Waals surface area (Å²) in [6.45, 7) is 2.44. The Labute approximate surface area is 110 Å². The number of rotatable bonds is 2. The van der Waals surface area contributed by atoms with Gasteiger partial charge in [-0.2, -0.15) is 5.10 Å². The van der Waals surface area contributed by atoms with Gasteiger partial charge in [0.2, 0.25) is 0 Å². The second-order valence-corrected chi connectivity index (χ2v) is 4.31. The van der Waals surface area contributed by atoms with Gasteiger partial charge in [0.15, 0.2) is 0 Å². The summed E-state index contributed by atoms with van der Waals surface area (Å²) in [6, 6.07) is 5.49. The zero-order chi connectivity index (χ0) is 13.1. The molecule has 3 rings (SSSR count). The molecule has 1 amide bonds. The summed E-state index contributed by atoms with van der Waals surface area (Å²) >= 11 is 0. The number of H-pyrrole nitrogens is 1. The van der Waals surface area contributed by atoms with Gasteiger partial charge in [-0.1, -0.05) is 0 Å². The molecular formula is C13H14N4O2. The van der Waals surface area contributed by atoms with Gasteiger partial charge in [0.05, 0.1) is 18.9 Å². The molecule has 1 saturated heterocycles. The van der Waals surface area contributed by atoms with E-state index in [-0.39, 0.29) is 5.91 Å². The monoisotopic (exact) mass is 258 g/mol. The number of morpholine rings is 1. The highest BCUT2D eigenvalue weighted by Crippen LogP contribution is 2.17. The molecule has 0 unspecified atom stereocenters. The molecule has 19 heavy (non-hydrogen) atoms. The minimum atomic E-state index is -0.0314. The number of nitrogens with one attached hydrogen (secondary N) is 1. The second-order valence-electron chi connectivity index (χ2n) is 4.31. The Balaban J connectivity index is 1.79. The molecule has 0 bridgehead atoms. The highest BCUT2D eigenvalue weighted by atomic mass is 16.5. The number of amides is 1. The van der Waals surface area contributed by atoms with Crippen LogP contribution in [0.25, 0.3) is 11.3 Å². The number of carbonyl (C=O) groups excluding carboxylic acids is 1. The summed E-state index contributed by atoms with van der Waals surface area (Å²) in [4.78, 5) is 18.0. The molecule has 0 aromatic carbocycles. The van der Waals surface area contributed by atoms with E-state index in [1.165, 1.54) is 0 Å². The van der Waals surface area contributed by atoms with Crippen LogP contribution >= 0.6 is 0 Å². The van der Waals surface area contributed by atoms with Crippen LogP contribution in [0.4, 0.5) is 0 Å². The number of hydrogen-bond donors (Lipinski definition) is 1. The summed E-state index contributed by atoms with van der Waals surface area (Å²) in [5, 5.41) is 6.97. The van der Waals surface area contributed by atoms with E-state index in [9.17, 15) is 4.79 Å². The number of nitrogens with zero attached hydrogens (tertiary/aromatic N) is 3. The minimum absolute atomic E-state index is 0.0314. The molecule has 6 nitrogen and oxygen atoms in total. The fraction of sp³-hybridized carbons (Fsp3) is 0.308. The Morgan fingerprint density at radius 3 is 2.74 bits per heavy atom. The third-order valence-electron chi connectivity index (χ3n) is 3.08. The molecular weight excluding hydrogens is 244 g/mol. The van der Waals surface area contributed by atoms with Crippen molar-refractivity contribution in [2.45, 2.75) is 0 Å². The lowest BCUT2D eigenvalue weighted by Gasteiger charge is -2.26. The van der Waals surface area contributed by atoms with E-state index in [0.29, 0.717) is 32.0 Å². The smallest absolute Gasteiger partial charge is 0.272 e. The number of carbonyl (C=O) groups is 1. The fourth-order valence-electron chi connectivity index (χ4n) is 2.04. The van der Waals surface area contributed by atoms with Crippen LogP contribution in [0.5, 0.6) is 0 Å². The van der Waals surface area contributed by atoms with Crippen molar-refractivity contribution in [1.29, 1.82) is 0 Å². The highest BCUT2D eigenvalue weighted by molar-refractivity contribution is 5.93. The van der Waals surface area contributed by atoms with Gasteiger partial charge in [-0.3, -0.25) is 14.9 Å². The van der Waals surface area contributed by atoms with Crippen LogP contribution in [-0.4, -0.2) is 52.3 Å². The van der Waals surface area contributed by atoms with E-state index < -0.39 is 0 Å². The van der Waals surface area contributed by atoms with Crippen LogP contribution < -0.4 is 0 Å². The lowest BCUT2D eigenvalue weighted by atomic mass is 10.2. The van der Waals surface area contributed by atoms with Crippen LogP contribution in [0.15, 0.2) is 30.6 Å². The third-order valence-corrected chi connectivity index (χ3v) is 3.08. The van der Waals surface area contributed by atoms with Crippen molar-refractivity contribution in [2.75, 3.05) is 26.3 Å². The van der Waals surface area contributed by atoms with Crippen molar-refractivity contribution in [1.82, 2.24) is 20.1 Å². The normalized spacial score (nSPS) is 15.5. The third kappa shape index (κ3) is 2.48. The SMILES string of the molecule is O=C(c1cc(-c2ccncc2)n[nH]1)N1CCOCC1. The quantitative estimate of drug-likeness (QED) is 0.870. The van der Waals surface area contributed by atoms with Gasteiger partial charge in [0.1, 0.15) is 5.69 Å². The predicted octanol–water partition coefficient (Wildman–Crippen LogP) is 0.944. The van der Waals surface area contributed by atoms with Crippen molar-refractivity contribution in [3.05, 3.63) is 36.3 Å². The molecule has 2 aromatic rings. The first kappa shape index (κ1) is 11.9. The molecule has 1 fully saturated rings. The minimum Gasteiger partial charge on any atom is -0.378 e. The summed E-state index contributed by atoms with van der Waals surface area (Å²) in [7, 11) is 0. The van der Waals surface area contributed by atoms with Crippen molar-refractivity contribution in [2.24, 2.45) is 0 Å². The Hall–Kier alpha value is -2.21. The number of hydrogen-bond acceptors (Lipinski definition) is 4. The van der Waals surface area contributed by atoms with Gasteiger partial charge in [0.25, 0.3) is 5.91 Å². The van der Waals surface area contributed by atoms with Gasteiger partial charge in [-0.05, 0) is 18.2 Å². The molecule has 0 aliphatic carbocycles. The summed E-state index contributed by atoms with van der Waals surface area (Å²) in [6.07, 6.45) is 3.40. The lowest BCUT2D eigenvalue weighted by Crippen LogP contribution is -2.40. The Kier molecular flexibility index (Phi) is 3.24. The van der Waals surface area contributed by atoms with Crippen molar-refractivity contribution in [3.63, 3.8) is 0 Å². The van der Waals surface area contributed by atoms with Gasteiger partial charge >= 0.3 is 0 Å². The first-order chi connectivity index (χ1) is 9.34. The predicted molar refractivity (Wildman–Crippen MR) is 68.5 cm³/mol. The standard InChI is InChI=1S/C13H14N4O2/c18-13(17-5-7-19-8-6-17)12-9-11(15-16-12)10-1-3-14-4-2-10/h1-4,9H,5-8H2,(H,15,16). The fourth-order valence-corrected chi connectivity index (χ4v) is 2.04. The summed E-state index contributed by atoms with van der Waals surface area (Å²) in [5.74, 6) is -0.0314. The Bertz CT molecular complexity index is 561. The van der Waals surface area contributed by atoms with E-state index in [1.807, 2.05) is 12.1 Å². The van der Waals surface area contributed by atoms with Crippen LogP contribution in [0, 0.1) is 0 Å². The second kappa shape index (κ2) is 5.19. The first-order valence-corrected chi connectivity index (χ1v) is 6.17. The summed E-state index contributed by atoms with van der Waals surface area (Å²) in [5.41, 5.74) is 2.19. The number of ether oxygens (including phenoxy) is 1. The van der Waals surface area contributed by atoms with E-state index in [2.05, 4.69) is 15.2 Å². The van der Waals surface area contributed by atoms with Gasteiger partial charge in [-0.25, -0.2) is 0 Å². The molecule has 2 aromatic heterocycles. The lowest BCUT2D eigenvalue weighted by molar-refractivity contribution is 0.0299. The average Bonchev–Trinajstić information content (AvgIpc) is 2.98.